The molecule has 184 valence electrons. The summed E-state index contributed by atoms with van der Waals surface area (Å²) in [4.78, 5) is 25.6. The predicted molar refractivity (Wildman–Crippen MR) is 141 cm³/mol. The first-order valence-corrected chi connectivity index (χ1v) is 11.1. The lowest BCUT2D eigenvalue weighted by Crippen LogP contribution is -2.19. The van der Waals surface area contributed by atoms with Crippen LogP contribution in [0.4, 0.5) is 39.3 Å². The summed E-state index contributed by atoms with van der Waals surface area (Å²) >= 11 is 0. The molecule has 0 unspecified atom stereocenters. The van der Waals surface area contributed by atoms with Crippen LogP contribution in [0.3, 0.4) is 0 Å². The molecular formula is C26H27N7O3. The topological polar surface area (TPSA) is 122 Å². The minimum Gasteiger partial charge on any atom is -0.493 e. The molecule has 36 heavy (non-hydrogen) atoms. The van der Waals surface area contributed by atoms with E-state index in [1.165, 1.54) is 0 Å². The van der Waals surface area contributed by atoms with E-state index < -0.39 is 0 Å². The zero-order chi connectivity index (χ0) is 25.5. The molecule has 4 rings (SSSR count). The Balaban J connectivity index is 1.38. The quantitative estimate of drug-likeness (QED) is 0.253. The Labute approximate surface area is 209 Å². The Morgan fingerprint density at radius 1 is 0.694 bits per heavy atom. The molecule has 2 heterocycles. The van der Waals surface area contributed by atoms with Crippen LogP contribution in [0.1, 0.15) is 11.4 Å². The standard InChI is InChI=1S/C26H27N7O3/c1-16-11-12-27-23(13-16)33-25-15-24(28-17(2)29-25)30-18-5-7-19(8-6-18)31-26(34)32-20-9-10-21(35-3)22(14-20)36-4/h5-15H,1-4H3,(H2,31,32,34)(H2,27,28,29,30,33). The van der Waals surface area contributed by atoms with Gasteiger partial charge in [0.15, 0.2) is 11.5 Å². The lowest BCUT2D eigenvalue weighted by molar-refractivity contribution is 0.262. The van der Waals surface area contributed by atoms with Crippen molar-refractivity contribution in [3.05, 3.63) is 78.2 Å². The molecule has 10 heteroatoms. The van der Waals surface area contributed by atoms with Crippen molar-refractivity contribution in [3.63, 3.8) is 0 Å². The van der Waals surface area contributed by atoms with Crippen LogP contribution in [-0.2, 0) is 0 Å². The molecular weight excluding hydrogens is 458 g/mol. The van der Waals surface area contributed by atoms with Crippen LogP contribution in [0.15, 0.2) is 66.9 Å². The first kappa shape index (κ1) is 24.3. The van der Waals surface area contributed by atoms with E-state index in [1.54, 1.807) is 56.8 Å². The van der Waals surface area contributed by atoms with Gasteiger partial charge in [0.05, 0.1) is 14.2 Å². The minimum absolute atomic E-state index is 0.380. The molecule has 2 aromatic heterocycles. The van der Waals surface area contributed by atoms with Crippen molar-refractivity contribution in [2.75, 3.05) is 35.5 Å². The van der Waals surface area contributed by atoms with Crippen molar-refractivity contribution in [1.82, 2.24) is 15.0 Å². The third kappa shape index (κ3) is 6.38. The maximum Gasteiger partial charge on any atom is 0.323 e. The van der Waals surface area contributed by atoms with E-state index in [0.29, 0.717) is 46.2 Å². The van der Waals surface area contributed by atoms with E-state index in [-0.39, 0.29) is 6.03 Å². The van der Waals surface area contributed by atoms with E-state index in [9.17, 15) is 4.79 Å². The summed E-state index contributed by atoms with van der Waals surface area (Å²) in [7, 11) is 3.10. The fourth-order valence-corrected chi connectivity index (χ4v) is 3.42. The van der Waals surface area contributed by atoms with Gasteiger partial charge in [0.2, 0.25) is 0 Å². The lowest BCUT2D eigenvalue weighted by Gasteiger charge is -2.12. The zero-order valence-electron chi connectivity index (χ0n) is 20.4. The van der Waals surface area contributed by atoms with Crippen molar-refractivity contribution in [2.45, 2.75) is 13.8 Å². The molecule has 0 bridgehead atoms. The number of aryl methyl sites for hydroxylation is 2. The fraction of sp³-hybridized carbons (Fsp3) is 0.154. The Kier molecular flexibility index (Phi) is 7.45. The number of rotatable bonds is 8. The molecule has 4 aromatic rings. The minimum atomic E-state index is -0.380. The van der Waals surface area contributed by atoms with Crippen LogP contribution in [-0.4, -0.2) is 35.2 Å². The SMILES string of the molecule is COc1ccc(NC(=O)Nc2ccc(Nc3cc(Nc4cc(C)ccn4)nc(C)n3)cc2)cc1OC. The molecule has 2 aromatic carbocycles. The average Bonchev–Trinajstić information content (AvgIpc) is 2.85. The van der Waals surface area contributed by atoms with E-state index in [1.807, 2.05) is 38.1 Å². The number of hydrogen-bond acceptors (Lipinski definition) is 8. The van der Waals surface area contributed by atoms with E-state index in [2.05, 4.69) is 36.2 Å². The van der Waals surface area contributed by atoms with Crippen molar-refractivity contribution in [3.8, 4) is 11.5 Å². The smallest absolute Gasteiger partial charge is 0.323 e. The second kappa shape index (κ2) is 11.0. The van der Waals surface area contributed by atoms with Crippen LogP contribution in [0, 0.1) is 13.8 Å². The summed E-state index contributed by atoms with van der Waals surface area (Å²) in [6, 6.07) is 17.7. The largest absolute Gasteiger partial charge is 0.493 e. The maximum atomic E-state index is 12.4. The number of aromatic nitrogens is 3. The number of nitrogens with zero attached hydrogens (tertiary/aromatic N) is 3. The van der Waals surface area contributed by atoms with Crippen molar-refractivity contribution >= 4 is 40.5 Å². The first-order chi connectivity index (χ1) is 17.4. The summed E-state index contributed by atoms with van der Waals surface area (Å²) in [6.07, 6.45) is 1.74. The second-order valence-corrected chi connectivity index (χ2v) is 7.88. The molecule has 0 aliphatic carbocycles. The Morgan fingerprint density at radius 2 is 1.33 bits per heavy atom. The monoisotopic (exact) mass is 485 g/mol. The summed E-state index contributed by atoms with van der Waals surface area (Å²) in [6.45, 7) is 3.83. The highest BCUT2D eigenvalue weighted by Crippen LogP contribution is 2.30. The Morgan fingerprint density at radius 3 is 2.03 bits per heavy atom. The molecule has 0 aliphatic rings. The van der Waals surface area contributed by atoms with Gasteiger partial charge >= 0.3 is 6.03 Å². The van der Waals surface area contributed by atoms with Gasteiger partial charge in [-0.1, -0.05) is 0 Å². The number of hydrogen-bond donors (Lipinski definition) is 4. The van der Waals surface area contributed by atoms with Gasteiger partial charge in [0.1, 0.15) is 23.3 Å². The number of pyridine rings is 1. The van der Waals surface area contributed by atoms with Crippen LogP contribution >= 0.6 is 0 Å². The van der Waals surface area contributed by atoms with Crippen LogP contribution in [0.5, 0.6) is 11.5 Å². The molecule has 0 aliphatic heterocycles. The molecule has 4 N–H and O–H groups in total. The average molecular weight is 486 g/mol. The number of ether oxygens (including phenoxy) is 2. The molecule has 0 saturated carbocycles. The lowest BCUT2D eigenvalue weighted by atomic mass is 10.2. The maximum absolute atomic E-state index is 12.4. The predicted octanol–water partition coefficient (Wildman–Crippen LogP) is 5.64. The molecule has 0 spiro atoms. The third-order valence-electron chi connectivity index (χ3n) is 5.07. The van der Waals surface area contributed by atoms with Crippen molar-refractivity contribution < 1.29 is 14.3 Å². The van der Waals surface area contributed by atoms with E-state index in [0.717, 1.165) is 11.3 Å². The second-order valence-electron chi connectivity index (χ2n) is 7.88. The van der Waals surface area contributed by atoms with Crippen molar-refractivity contribution in [1.29, 1.82) is 0 Å². The van der Waals surface area contributed by atoms with Gasteiger partial charge in [-0.3, -0.25) is 0 Å². The van der Waals surface area contributed by atoms with Gasteiger partial charge in [0, 0.05) is 35.4 Å². The van der Waals surface area contributed by atoms with Gasteiger partial charge in [-0.25, -0.2) is 19.7 Å². The van der Waals surface area contributed by atoms with E-state index >= 15 is 0 Å². The number of nitrogens with one attached hydrogen (secondary N) is 4. The number of carbonyl (C=O) groups excluding carboxylic acids is 1. The van der Waals surface area contributed by atoms with Gasteiger partial charge in [-0.05, 0) is 67.9 Å². The fourth-order valence-electron chi connectivity index (χ4n) is 3.42. The summed E-state index contributed by atoms with van der Waals surface area (Å²) in [5.74, 6) is 3.69. The number of carbonyl (C=O) groups is 1. The molecule has 0 radical (unpaired) electrons. The molecule has 2 amide bonds. The number of methoxy groups -OCH3 is 2. The van der Waals surface area contributed by atoms with Gasteiger partial charge in [-0.15, -0.1) is 0 Å². The summed E-state index contributed by atoms with van der Waals surface area (Å²) in [5, 5.41) is 12.0. The van der Waals surface area contributed by atoms with Crippen LogP contribution < -0.4 is 30.7 Å². The highest BCUT2D eigenvalue weighted by molar-refractivity contribution is 6.00. The van der Waals surface area contributed by atoms with E-state index in [4.69, 9.17) is 9.47 Å². The number of anilines is 6. The van der Waals surface area contributed by atoms with Gasteiger partial charge in [-0.2, -0.15) is 0 Å². The van der Waals surface area contributed by atoms with Crippen LogP contribution in [0.2, 0.25) is 0 Å². The zero-order valence-corrected chi connectivity index (χ0v) is 20.4. The first-order valence-electron chi connectivity index (χ1n) is 11.1. The molecule has 0 fully saturated rings. The van der Waals surface area contributed by atoms with Crippen LogP contribution in [0.25, 0.3) is 0 Å². The Hall–Kier alpha value is -4.86. The Bertz CT molecular complexity index is 1360. The van der Waals surface area contributed by atoms with Gasteiger partial charge < -0.3 is 30.7 Å². The highest BCUT2D eigenvalue weighted by Gasteiger charge is 2.09. The number of benzene rings is 2. The van der Waals surface area contributed by atoms with Gasteiger partial charge in [0.25, 0.3) is 0 Å². The normalized spacial score (nSPS) is 10.3. The molecule has 0 saturated heterocycles. The van der Waals surface area contributed by atoms with Crippen molar-refractivity contribution in [2.24, 2.45) is 0 Å². The summed E-state index contributed by atoms with van der Waals surface area (Å²) in [5.41, 5.74) is 3.11. The molecule has 10 nitrogen and oxygen atoms in total. The summed E-state index contributed by atoms with van der Waals surface area (Å²) < 4.78 is 10.5. The number of amides is 2. The molecule has 0 atom stereocenters. The highest BCUT2D eigenvalue weighted by atomic mass is 16.5. The number of urea groups is 1. The third-order valence-corrected chi connectivity index (χ3v) is 5.07.